The number of nitrogens with one attached hydrogen (secondary N) is 3. The number of hydrogen-bond donors (Lipinski definition) is 3. The first kappa shape index (κ1) is 14.8. The highest BCUT2D eigenvalue weighted by Crippen LogP contribution is 2.59. The van der Waals surface area contributed by atoms with Crippen molar-refractivity contribution in [1.82, 2.24) is 16.2 Å². The zero-order chi connectivity index (χ0) is 15.0. The molecular formula is C16H25N3OS. The van der Waals surface area contributed by atoms with Crippen LogP contribution in [0.15, 0.2) is 12.2 Å². The lowest BCUT2D eigenvalue weighted by molar-refractivity contribution is -0.146. The molecule has 0 heterocycles. The second-order valence-electron chi connectivity index (χ2n) is 7.42. The van der Waals surface area contributed by atoms with E-state index >= 15 is 0 Å². The zero-order valence-corrected chi connectivity index (χ0v) is 13.5. The first-order valence-corrected chi connectivity index (χ1v) is 8.36. The minimum absolute atomic E-state index is 0.133. The number of hydrogen-bond acceptors (Lipinski definition) is 2. The van der Waals surface area contributed by atoms with Crippen LogP contribution in [0.2, 0.25) is 0 Å². The number of hydrazine groups is 1. The van der Waals surface area contributed by atoms with Crippen LogP contribution in [0.25, 0.3) is 0 Å². The normalized spacial score (nSPS) is 36.1. The van der Waals surface area contributed by atoms with E-state index in [4.69, 9.17) is 12.2 Å². The van der Waals surface area contributed by atoms with Crippen molar-refractivity contribution in [2.24, 2.45) is 23.2 Å². The molecule has 4 aliphatic carbocycles. The van der Waals surface area contributed by atoms with Crippen LogP contribution < -0.4 is 16.2 Å². The summed E-state index contributed by atoms with van der Waals surface area (Å²) in [6.45, 7) is 6.37. The lowest BCUT2D eigenvalue weighted by Crippen LogP contribution is -2.57. The maximum Gasteiger partial charge on any atom is 0.244 e. The number of carbonyl (C=O) groups is 1. The summed E-state index contributed by atoms with van der Waals surface area (Å²) in [7, 11) is 0. The Morgan fingerprint density at radius 2 is 1.67 bits per heavy atom. The summed E-state index contributed by atoms with van der Waals surface area (Å²) in [6.07, 6.45) is 7.24. The van der Waals surface area contributed by atoms with Gasteiger partial charge in [0.15, 0.2) is 5.11 Å². The molecule has 0 aliphatic heterocycles. The van der Waals surface area contributed by atoms with Gasteiger partial charge in [0.25, 0.3) is 0 Å². The van der Waals surface area contributed by atoms with Crippen LogP contribution in [-0.2, 0) is 4.79 Å². The van der Waals surface area contributed by atoms with Crippen molar-refractivity contribution >= 4 is 23.2 Å². The maximum atomic E-state index is 12.7. The van der Waals surface area contributed by atoms with Crippen LogP contribution in [0.4, 0.5) is 0 Å². The molecule has 1 amide bonds. The van der Waals surface area contributed by atoms with Gasteiger partial charge in [-0.15, -0.1) is 0 Å². The van der Waals surface area contributed by atoms with E-state index in [0.717, 1.165) is 42.6 Å². The smallest absolute Gasteiger partial charge is 0.244 e. The van der Waals surface area contributed by atoms with E-state index in [9.17, 15) is 4.79 Å². The number of amides is 1. The minimum atomic E-state index is -0.133. The van der Waals surface area contributed by atoms with Crippen molar-refractivity contribution in [3.8, 4) is 0 Å². The van der Waals surface area contributed by atoms with Gasteiger partial charge < -0.3 is 5.32 Å². The van der Waals surface area contributed by atoms with Gasteiger partial charge in [-0.2, -0.15) is 0 Å². The predicted molar refractivity (Wildman–Crippen MR) is 87.3 cm³/mol. The third kappa shape index (κ3) is 3.07. The molecule has 4 aliphatic rings. The molecule has 5 heteroatoms. The second kappa shape index (κ2) is 5.59. The Kier molecular flexibility index (Phi) is 3.95. The molecular weight excluding hydrogens is 282 g/mol. The zero-order valence-electron chi connectivity index (χ0n) is 12.7. The van der Waals surface area contributed by atoms with E-state index in [1.165, 1.54) is 19.3 Å². The van der Waals surface area contributed by atoms with Crippen molar-refractivity contribution < 1.29 is 4.79 Å². The van der Waals surface area contributed by atoms with E-state index in [1.807, 2.05) is 6.92 Å². The molecule has 4 rings (SSSR count). The fourth-order valence-electron chi connectivity index (χ4n) is 4.91. The summed E-state index contributed by atoms with van der Waals surface area (Å²) in [6, 6.07) is 0. The van der Waals surface area contributed by atoms with Gasteiger partial charge in [-0.05, 0) is 75.4 Å². The third-order valence-electron chi connectivity index (χ3n) is 5.36. The Balaban J connectivity index is 1.53. The Hall–Kier alpha value is -1.10. The number of carbonyl (C=O) groups excluding carboxylic acids is 1. The van der Waals surface area contributed by atoms with Crippen LogP contribution in [0.3, 0.4) is 0 Å². The average molecular weight is 307 g/mol. The Labute approximate surface area is 132 Å². The lowest BCUT2D eigenvalue weighted by atomic mass is 9.49. The van der Waals surface area contributed by atoms with Gasteiger partial charge in [0.1, 0.15) is 0 Å². The number of thiocarbonyl (C=S) groups is 1. The molecule has 21 heavy (non-hydrogen) atoms. The van der Waals surface area contributed by atoms with Crippen LogP contribution in [0, 0.1) is 23.2 Å². The van der Waals surface area contributed by atoms with Crippen LogP contribution in [0.1, 0.15) is 45.4 Å². The summed E-state index contributed by atoms with van der Waals surface area (Å²) in [4.78, 5) is 12.7. The third-order valence-corrected chi connectivity index (χ3v) is 5.61. The van der Waals surface area contributed by atoms with Crippen molar-refractivity contribution in [2.45, 2.75) is 45.4 Å². The van der Waals surface area contributed by atoms with Crippen molar-refractivity contribution in [2.75, 3.05) is 6.54 Å². The highest BCUT2D eigenvalue weighted by Gasteiger charge is 2.54. The molecule has 0 atom stereocenters. The van der Waals surface area contributed by atoms with Crippen molar-refractivity contribution in [1.29, 1.82) is 0 Å². The fourth-order valence-corrected chi connectivity index (χ4v) is 5.03. The highest BCUT2D eigenvalue weighted by atomic mass is 32.1. The van der Waals surface area contributed by atoms with E-state index in [0.29, 0.717) is 11.7 Å². The van der Waals surface area contributed by atoms with E-state index in [2.05, 4.69) is 22.7 Å². The topological polar surface area (TPSA) is 53.2 Å². The minimum Gasteiger partial charge on any atom is -0.358 e. The van der Waals surface area contributed by atoms with Crippen molar-refractivity contribution in [3.63, 3.8) is 0 Å². The van der Waals surface area contributed by atoms with Gasteiger partial charge in [-0.1, -0.05) is 12.2 Å². The molecule has 0 aromatic carbocycles. The number of rotatable bonds is 3. The molecule has 4 bridgehead atoms. The summed E-state index contributed by atoms with van der Waals surface area (Å²) < 4.78 is 0. The van der Waals surface area contributed by atoms with Crippen LogP contribution >= 0.6 is 12.2 Å². The molecule has 0 aromatic rings. The summed E-state index contributed by atoms with van der Waals surface area (Å²) in [5.74, 6) is 2.46. The maximum absolute atomic E-state index is 12.7. The molecule has 0 spiro atoms. The molecule has 0 saturated heterocycles. The fraction of sp³-hybridized carbons (Fsp3) is 0.750. The Morgan fingerprint density at radius 1 is 1.14 bits per heavy atom. The van der Waals surface area contributed by atoms with E-state index in [-0.39, 0.29) is 11.3 Å². The standard InChI is InChI=1S/C16H25N3OS/c1-10(2)9-17-15(21)19-18-14(20)16-6-11-3-12(7-16)5-13(4-11)8-16/h11-13H,1,3-9H2,2H3,(H,18,20)(H2,17,19,21). The first-order chi connectivity index (χ1) is 9.97. The SMILES string of the molecule is C=C(C)CNC(=S)NNC(=O)C12CC3CC(CC(C3)C1)C2. The molecule has 0 radical (unpaired) electrons. The second-order valence-corrected chi connectivity index (χ2v) is 7.83. The van der Waals surface area contributed by atoms with Gasteiger partial charge in [0.05, 0.1) is 5.41 Å². The molecule has 4 nitrogen and oxygen atoms in total. The molecule has 4 fully saturated rings. The Bertz CT molecular complexity index is 439. The molecule has 0 unspecified atom stereocenters. The van der Waals surface area contributed by atoms with E-state index in [1.54, 1.807) is 0 Å². The molecule has 4 saturated carbocycles. The van der Waals surface area contributed by atoms with Crippen molar-refractivity contribution in [3.05, 3.63) is 12.2 Å². The monoisotopic (exact) mass is 307 g/mol. The van der Waals surface area contributed by atoms with Crippen LogP contribution in [0.5, 0.6) is 0 Å². The lowest BCUT2D eigenvalue weighted by Gasteiger charge is -2.55. The highest BCUT2D eigenvalue weighted by molar-refractivity contribution is 7.80. The predicted octanol–water partition coefficient (Wildman–Crippen LogP) is 2.27. The van der Waals surface area contributed by atoms with Gasteiger partial charge in [0, 0.05) is 6.54 Å². The molecule has 3 N–H and O–H groups in total. The van der Waals surface area contributed by atoms with Gasteiger partial charge in [0.2, 0.25) is 5.91 Å². The average Bonchev–Trinajstić information content (AvgIpc) is 2.41. The summed E-state index contributed by atoms with van der Waals surface area (Å²) in [5.41, 5.74) is 6.56. The van der Waals surface area contributed by atoms with Gasteiger partial charge >= 0.3 is 0 Å². The summed E-state index contributed by atoms with van der Waals surface area (Å²) in [5, 5.41) is 3.47. The Morgan fingerprint density at radius 3 is 2.14 bits per heavy atom. The first-order valence-electron chi connectivity index (χ1n) is 7.95. The summed E-state index contributed by atoms with van der Waals surface area (Å²) >= 11 is 5.16. The molecule has 116 valence electrons. The van der Waals surface area contributed by atoms with Gasteiger partial charge in [-0.25, -0.2) is 0 Å². The largest absolute Gasteiger partial charge is 0.358 e. The van der Waals surface area contributed by atoms with Gasteiger partial charge in [-0.3, -0.25) is 15.6 Å². The van der Waals surface area contributed by atoms with E-state index < -0.39 is 0 Å². The molecule has 0 aromatic heterocycles. The quantitative estimate of drug-likeness (QED) is 0.425. The van der Waals surface area contributed by atoms with Crippen LogP contribution in [-0.4, -0.2) is 17.6 Å².